The summed E-state index contributed by atoms with van der Waals surface area (Å²) in [5.41, 5.74) is 2.72. The smallest absolute Gasteiger partial charge is 0.310 e. The summed E-state index contributed by atoms with van der Waals surface area (Å²) in [7, 11) is 0. The molecule has 2 aromatic carbocycles. The van der Waals surface area contributed by atoms with Gasteiger partial charge in [0.25, 0.3) is 0 Å². The molecule has 0 bridgehead atoms. The van der Waals surface area contributed by atoms with Crippen LogP contribution in [-0.2, 0) is 16.0 Å². The van der Waals surface area contributed by atoms with E-state index >= 15 is 0 Å². The van der Waals surface area contributed by atoms with Gasteiger partial charge in [0.2, 0.25) is 0 Å². The summed E-state index contributed by atoms with van der Waals surface area (Å²) in [4.78, 5) is 11.6. The van der Waals surface area contributed by atoms with Crippen molar-refractivity contribution in [2.45, 2.75) is 13.3 Å². The summed E-state index contributed by atoms with van der Waals surface area (Å²) in [5, 5.41) is 0. The number of carbonyl (C=O) groups excluding carboxylic acids is 1. The zero-order valence-electron chi connectivity index (χ0n) is 11.4. The number of benzene rings is 2. The van der Waals surface area contributed by atoms with Gasteiger partial charge in [-0.3, -0.25) is 4.79 Å². The van der Waals surface area contributed by atoms with Gasteiger partial charge in [0, 0.05) is 11.1 Å². The van der Waals surface area contributed by atoms with Gasteiger partial charge in [0.1, 0.15) is 0 Å². The molecule has 0 fully saturated rings. The lowest BCUT2D eigenvalue weighted by Crippen LogP contribution is -2.08. The highest BCUT2D eigenvalue weighted by molar-refractivity contribution is 5.73. The van der Waals surface area contributed by atoms with Gasteiger partial charge in [-0.15, -0.1) is 0 Å². The van der Waals surface area contributed by atoms with E-state index in [1.54, 1.807) is 6.92 Å². The standard InChI is InChI=1S/C18H16O2/c1-2-20-18(19)14-17-11-7-6-10-16(17)13-12-15-8-4-3-5-9-15/h3-11H,2,14H2,1H3. The molecule has 0 aliphatic heterocycles. The van der Waals surface area contributed by atoms with Crippen molar-refractivity contribution >= 4 is 5.97 Å². The predicted octanol–water partition coefficient (Wildman–Crippen LogP) is 3.19. The summed E-state index contributed by atoms with van der Waals surface area (Å²) in [6.45, 7) is 2.20. The molecule has 0 amide bonds. The Morgan fingerprint density at radius 2 is 1.70 bits per heavy atom. The van der Waals surface area contributed by atoms with E-state index in [0.717, 1.165) is 16.7 Å². The van der Waals surface area contributed by atoms with Crippen LogP contribution in [0.1, 0.15) is 23.6 Å². The van der Waals surface area contributed by atoms with Crippen molar-refractivity contribution in [1.29, 1.82) is 0 Å². The van der Waals surface area contributed by atoms with Crippen LogP contribution < -0.4 is 0 Å². The average Bonchev–Trinajstić information content (AvgIpc) is 2.48. The van der Waals surface area contributed by atoms with E-state index in [2.05, 4.69) is 11.8 Å². The molecule has 0 N–H and O–H groups in total. The Morgan fingerprint density at radius 3 is 2.45 bits per heavy atom. The maximum absolute atomic E-state index is 11.6. The summed E-state index contributed by atoms with van der Waals surface area (Å²) >= 11 is 0. The van der Waals surface area contributed by atoms with Crippen LogP contribution in [0, 0.1) is 11.8 Å². The molecule has 0 saturated heterocycles. The molecule has 2 nitrogen and oxygen atoms in total. The molecular formula is C18H16O2. The Morgan fingerprint density at radius 1 is 1.00 bits per heavy atom. The Bertz CT molecular complexity index is 633. The largest absolute Gasteiger partial charge is 0.466 e. The molecular weight excluding hydrogens is 248 g/mol. The molecule has 0 saturated carbocycles. The normalized spacial score (nSPS) is 9.45. The molecule has 0 atom stereocenters. The molecule has 2 aromatic rings. The first-order chi connectivity index (χ1) is 9.79. The number of ether oxygens (including phenoxy) is 1. The van der Waals surface area contributed by atoms with Crippen LogP contribution in [0.15, 0.2) is 54.6 Å². The zero-order valence-corrected chi connectivity index (χ0v) is 11.4. The van der Waals surface area contributed by atoms with Crippen LogP contribution in [-0.4, -0.2) is 12.6 Å². The zero-order chi connectivity index (χ0) is 14.2. The van der Waals surface area contributed by atoms with Crippen LogP contribution in [0.5, 0.6) is 0 Å². The van der Waals surface area contributed by atoms with Crippen molar-refractivity contribution in [3.05, 3.63) is 71.3 Å². The van der Waals surface area contributed by atoms with Gasteiger partial charge >= 0.3 is 5.97 Å². The summed E-state index contributed by atoms with van der Waals surface area (Å²) in [6.07, 6.45) is 0.257. The molecule has 2 rings (SSSR count). The second-order valence-electron chi connectivity index (χ2n) is 4.25. The minimum Gasteiger partial charge on any atom is -0.466 e. The van der Waals surface area contributed by atoms with E-state index in [9.17, 15) is 4.79 Å². The van der Waals surface area contributed by atoms with Gasteiger partial charge in [-0.25, -0.2) is 0 Å². The maximum atomic E-state index is 11.6. The van der Waals surface area contributed by atoms with Gasteiger partial charge < -0.3 is 4.74 Å². The first-order valence-corrected chi connectivity index (χ1v) is 6.60. The van der Waals surface area contributed by atoms with E-state index in [1.165, 1.54) is 0 Å². The number of hydrogen-bond donors (Lipinski definition) is 0. The molecule has 0 aliphatic carbocycles. The number of rotatable bonds is 3. The van der Waals surface area contributed by atoms with Crippen LogP contribution in [0.2, 0.25) is 0 Å². The molecule has 0 radical (unpaired) electrons. The second kappa shape index (κ2) is 7.16. The molecule has 0 aliphatic rings. The fourth-order valence-corrected chi connectivity index (χ4v) is 1.82. The van der Waals surface area contributed by atoms with Gasteiger partial charge in [0.05, 0.1) is 13.0 Å². The van der Waals surface area contributed by atoms with E-state index in [0.29, 0.717) is 6.61 Å². The topological polar surface area (TPSA) is 26.3 Å². The van der Waals surface area contributed by atoms with Crippen molar-refractivity contribution in [3.8, 4) is 11.8 Å². The van der Waals surface area contributed by atoms with Gasteiger partial charge in [-0.05, 0) is 30.7 Å². The third kappa shape index (κ3) is 4.00. The van der Waals surface area contributed by atoms with E-state index in [-0.39, 0.29) is 12.4 Å². The Balaban J connectivity index is 2.20. The molecule has 20 heavy (non-hydrogen) atoms. The maximum Gasteiger partial charge on any atom is 0.310 e. The minimum atomic E-state index is -0.221. The first-order valence-electron chi connectivity index (χ1n) is 6.60. The average molecular weight is 264 g/mol. The van der Waals surface area contributed by atoms with Crippen LogP contribution in [0.25, 0.3) is 0 Å². The predicted molar refractivity (Wildman–Crippen MR) is 79.2 cm³/mol. The van der Waals surface area contributed by atoms with Crippen molar-refractivity contribution < 1.29 is 9.53 Å². The van der Waals surface area contributed by atoms with Gasteiger partial charge in [-0.2, -0.15) is 0 Å². The number of esters is 1. The summed E-state index contributed by atoms with van der Waals surface area (Å²) in [5.74, 6) is 6.00. The highest BCUT2D eigenvalue weighted by Crippen LogP contribution is 2.09. The fourth-order valence-electron chi connectivity index (χ4n) is 1.82. The van der Waals surface area contributed by atoms with Crippen LogP contribution >= 0.6 is 0 Å². The van der Waals surface area contributed by atoms with E-state index in [1.807, 2.05) is 54.6 Å². The monoisotopic (exact) mass is 264 g/mol. The molecule has 2 heteroatoms. The third-order valence-corrected chi connectivity index (χ3v) is 2.77. The summed E-state index contributed by atoms with van der Waals surface area (Å²) in [6, 6.07) is 17.4. The Hall–Kier alpha value is -2.53. The SMILES string of the molecule is CCOC(=O)Cc1ccccc1C#Cc1ccccc1. The lowest BCUT2D eigenvalue weighted by Gasteiger charge is -2.04. The quantitative estimate of drug-likeness (QED) is 0.628. The van der Waals surface area contributed by atoms with E-state index < -0.39 is 0 Å². The lowest BCUT2D eigenvalue weighted by molar-refractivity contribution is -0.142. The van der Waals surface area contributed by atoms with E-state index in [4.69, 9.17) is 4.74 Å². The Labute approximate surface area is 119 Å². The summed E-state index contributed by atoms with van der Waals surface area (Å²) < 4.78 is 4.98. The number of hydrogen-bond acceptors (Lipinski definition) is 2. The molecule has 0 spiro atoms. The second-order valence-corrected chi connectivity index (χ2v) is 4.25. The van der Waals surface area contributed by atoms with Gasteiger partial charge in [-0.1, -0.05) is 48.2 Å². The lowest BCUT2D eigenvalue weighted by atomic mass is 10.0. The van der Waals surface area contributed by atoms with Crippen molar-refractivity contribution in [1.82, 2.24) is 0 Å². The van der Waals surface area contributed by atoms with Crippen molar-refractivity contribution in [2.24, 2.45) is 0 Å². The van der Waals surface area contributed by atoms with Crippen molar-refractivity contribution in [2.75, 3.05) is 6.61 Å². The number of carbonyl (C=O) groups is 1. The highest BCUT2D eigenvalue weighted by atomic mass is 16.5. The van der Waals surface area contributed by atoms with Crippen LogP contribution in [0.4, 0.5) is 0 Å². The van der Waals surface area contributed by atoms with Crippen molar-refractivity contribution in [3.63, 3.8) is 0 Å². The third-order valence-electron chi connectivity index (χ3n) is 2.77. The Kier molecular flexibility index (Phi) is 4.97. The highest BCUT2D eigenvalue weighted by Gasteiger charge is 2.06. The molecule has 0 aromatic heterocycles. The first kappa shape index (κ1) is 13.9. The molecule has 100 valence electrons. The molecule has 0 unspecified atom stereocenters. The molecule has 0 heterocycles. The van der Waals surface area contributed by atoms with Crippen LogP contribution in [0.3, 0.4) is 0 Å². The minimum absolute atomic E-state index is 0.221. The fraction of sp³-hybridized carbons (Fsp3) is 0.167. The van der Waals surface area contributed by atoms with Gasteiger partial charge in [0.15, 0.2) is 0 Å².